The minimum atomic E-state index is -0.205. The highest BCUT2D eigenvalue weighted by Gasteiger charge is 2.02. The Hall–Kier alpha value is -1.40. The van der Waals surface area contributed by atoms with Crippen LogP contribution in [0.4, 0.5) is 4.39 Å². The van der Waals surface area contributed by atoms with E-state index in [9.17, 15) is 4.39 Å². The molecule has 3 heteroatoms. The maximum atomic E-state index is 12.6. The van der Waals surface area contributed by atoms with E-state index in [1.807, 2.05) is 0 Å². The van der Waals surface area contributed by atoms with Gasteiger partial charge < -0.3 is 5.32 Å². The molecule has 15 heavy (non-hydrogen) atoms. The first-order valence-electron chi connectivity index (χ1n) is 5.07. The summed E-state index contributed by atoms with van der Waals surface area (Å²) >= 11 is 0. The number of hydrogen-bond donors (Lipinski definition) is 1. The monoisotopic (exact) mass is 206 g/mol. The van der Waals surface area contributed by atoms with Crippen molar-refractivity contribution in [2.45, 2.75) is 25.8 Å². The molecule has 2 nitrogen and oxygen atoms in total. The Labute approximate surface area is 89.7 Å². The van der Waals surface area contributed by atoms with Crippen LogP contribution in [0, 0.1) is 17.1 Å². The minimum absolute atomic E-state index is 0.205. The third-order valence-corrected chi connectivity index (χ3v) is 2.18. The lowest BCUT2D eigenvalue weighted by Crippen LogP contribution is -2.28. The fourth-order valence-corrected chi connectivity index (χ4v) is 1.42. The average Bonchev–Trinajstić information content (AvgIpc) is 2.22. The molecule has 1 atom stereocenters. The van der Waals surface area contributed by atoms with Crippen LogP contribution in [0.3, 0.4) is 0 Å². The topological polar surface area (TPSA) is 35.8 Å². The lowest BCUT2D eigenvalue weighted by atomic mass is 10.1. The van der Waals surface area contributed by atoms with Gasteiger partial charge in [0, 0.05) is 19.0 Å². The zero-order valence-electron chi connectivity index (χ0n) is 8.83. The maximum Gasteiger partial charge on any atom is 0.123 e. The predicted octanol–water partition coefficient (Wildman–Crippen LogP) is 2.26. The van der Waals surface area contributed by atoms with Crippen molar-refractivity contribution in [1.29, 1.82) is 5.26 Å². The predicted molar refractivity (Wildman–Crippen MR) is 57.8 cm³/mol. The highest BCUT2D eigenvalue weighted by atomic mass is 19.1. The number of nitrogens with one attached hydrogen (secondary N) is 1. The fourth-order valence-electron chi connectivity index (χ4n) is 1.42. The highest BCUT2D eigenvalue weighted by Crippen LogP contribution is 2.05. The largest absolute Gasteiger partial charge is 0.313 e. The van der Waals surface area contributed by atoms with Crippen molar-refractivity contribution in [2.24, 2.45) is 0 Å². The van der Waals surface area contributed by atoms with E-state index in [-0.39, 0.29) is 5.82 Å². The third-order valence-electron chi connectivity index (χ3n) is 2.18. The molecule has 0 fully saturated rings. The van der Waals surface area contributed by atoms with Crippen molar-refractivity contribution in [3.8, 4) is 6.07 Å². The Bertz CT molecular complexity index is 326. The lowest BCUT2D eigenvalue weighted by molar-refractivity contribution is 0.552. The maximum absolute atomic E-state index is 12.6. The number of nitrogens with zero attached hydrogens (tertiary/aromatic N) is 1. The first kappa shape index (κ1) is 11.7. The van der Waals surface area contributed by atoms with Crippen LogP contribution in [0.2, 0.25) is 0 Å². The van der Waals surface area contributed by atoms with Crippen molar-refractivity contribution in [2.75, 3.05) is 6.54 Å². The molecule has 0 bridgehead atoms. The quantitative estimate of drug-likeness (QED) is 0.750. The molecule has 1 unspecified atom stereocenters. The second-order valence-corrected chi connectivity index (χ2v) is 3.59. The summed E-state index contributed by atoms with van der Waals surface area (Å²) in [6.07, 6.45) is 1.37. The van der Waals surface area contributed by atoms with E-state index in [0.29, 0.717) is 19.0 Å². The zero-order chi connectivity index (χ0) is 11.1. The third kappa shape index (κ3) is 4.57. The summed E-state index contributed by atoms with van der Waals surface area (Å²) in [6, 6.07) is 8.91. The molecule has 0 saturated carbocycles. The summed E-state index contributed by atoms with van der Waals surface area (Å²) in [5.74, 6) is -0.205. The summed E-state index contributed by atoms with van der Waals surface area (Å²) in [7, 11) is 0. The number of halogens is 1. The molecule has 0 radical (unpaired) electrons. The molecule has 80 valence electrons. The van der Waals surface area contributed by atoms with Gasteiger partial charge in [0.25, 0.3) is 0 Å². The van der Waals surface area contributed by atoms with Crippen molar-refractivity contribution < 1.29 is 4.39 Å². The second kappa shape index (κ2) is 6.15. The molecule has 0 saturated heterocycles. The number of hydrogen-bond acceptors (Lipinski definition) is 2. The van der Waals surface area contributed by atoms with Crippen LogP contribution >= 0.6 is 0 Å². The van der Waals surface area contributed by atoms with Gasteiger partial charge in [-0.25, -0.2) is 4.39 Å². The van der Waals surface area contributed by atoms with Crippen molar-refractivity contribution >= 4 is 0 Å². The van der Waals surface area contributed by atoms with Crippen LogP contribution in [0.15, 0.2) is 24.3 Å². The van der Waals surface area contributed by atoms with Crippen LogP contribution in [0.1, 0.15) is 18.9 Å². The summed E-state index contributed by atoms with van der Waals surface area (Å²) in [4.78, 5) is 0. The van der Waals surface area contributed by atoms with E-state index in [1.165, 1.54) is 12.1 Å². The summed E-state index contributed by atoms with van der Waals surface area (Å²) in [5, 5.41) is 11.6. The van der Waals surface area contributed by atoms with Gasteiger partial charge in [-0.15, -0.1) is 0 Å². The van der Waals surface area contributed by atoms with Gasteiger partial charge in [-0.2, -0.15) is 5.26 Å². The SMILES string of the molecule is CC(Cc1ccc(F)cc1)NCCC#N. The van der Waals surface area contributed by atoms with Crippen LogP contribution in [0.25, 0.3) is 0 Å². The van der Waals surface area contributed by atoms with Crippen molar-refractivity contribution in [3.05, 3.63) is 35.6 Å². The summed E-state index contributed by atoms with van der Waals surface area (Å²) in [6.45, 7) is 2.76. The van der Waals surface area contributed by atoms with Crippen molar-refractivity contribution in [1.82, 2.24) is 5.32 Å². The second-order valence-electron chi connectivity index (χ2n) is 3.59. The van der Waals surface area contributed by atoms with Gasteiger partial charge in [-0.1, -0.05) is 12.1 Å². The van der Waals surface area contributed by atoms with E-state index in [0.717, 1.165) is 12.0 Å². The van der Waals surface area contributed by atoms with Gasteiger partial charge in [-0.3, -0.25) is 0 Å². The molecule has 1 aromatic carbocycles. The molecule has 0 heterocycles. The standard InChI is InChI=1S/C12H15FN2/c1-10(15-8-2-7-14)9-11-3-5-12(13)6-4-11/h3-6,10,15H,2,8-9H2,1H3. The highest BCUT2D eigenvalue weighted by molar-refractivity contribution is 5.16. The lowest BCUT2D eigenvalue weighted by Gasteiger charge is -2.12. The number of nitriles is 1. The molecular weight excluding hydrogens is 191 g/mol. The molecule has 0 aliphatic carbocycles. The smallest absolute Gasteiger partial charge is 0.123 e. The molecule has 0 amide bonds. The van der Waals surface area contributed by atoms with Gasteiger partial charge in [0.15, 0.2) is 0 Å². The van der Waals surface area contributed by atoms with Gasteiger partial charge in [0.05, 0.1) is 6.07 Å². The zero-order valence-corrected chi connectivity index (χ0v) is 8.83. The Morgan fingerprint density at radius 2 is 2.07 bits per heavy atom. The minimum Gasteiger partial charge on any atom is -0.313 e. The normalized spacial score (nSPS) is 12.1. The van der Waals surface area contributed by atoms with Gasteiger partial charge in [0.1, 0.15) is 5.82 Å². The Morgan fingerprint density at radius 3 is 2.67 bits per heavy atom. The van der Waals surface area contributed by atoms with Gasteiger partial charge in [-0.05, 0) is 31.0 Å². The van der Waals surface area contributed by atoms with E-state index < -0.39 is 0 Å². The number of benzene rings is 1. The van der Waals surface area contributed by atoms with Crippen LogP contribution < -0.4 is 5.32 Å². The molecule has 1 rings (SSSR count). The van der Waals surface area contributed by atoms with E-state index in [4.69, 9.17) is 5.26 Å². The van der Waals surface area contributed by atoms with Gasteiger partial charge in [0.2, 0.25) is 0 Å². The molecule has 0 spiro atoms. The van der Waals surface area contributed by atoms with E-state index >= 15 is 0 Å². The van der Waals surface area contributed by atoms with E-state index in [1.54, 1.807) is 12.1 Å². The molecule has 0 aromatic heterocycles. The molecule has 1 aromatic rings. The Morgan fingerprint density at radius 1 is 1.40 bits per heavy atom. The van der Waals surface area contributed by atoms with Gasteiger partial charge >= 0.3 is 0 Å². The Kier molecular flexibility index (Phi) is 4.79. The first-order valence-corrected chi connectivity index (χ1v) is 5.07. The molecule has 1 N–H and O–H groups in total. The summed E-state index contributed by atoms with van der Waals surface area (Å²) < 4.78 is 12.6. The number of rotatable bonds is 5. The molecule has 0 aliphatic heterocycles. The van der Waals surface area contributed by atoms with Crippen LogP contribution in [-0.4, -0.2) is 12.6 Å². The first-order chi connectivity index (χ1) is 7.22. The molecule has 0 aliphatic rings. The fraction of sp³-hybridized carbons (Fsp3) is 0.417. The van der Waals surface area contributed by atoms with E-state index in [2.05, 4.69) is 18.3 Å². The van der Waals surface area contributed by atoms with Crippen LogP contribution in [0.5, 0.6) is 0 Å². The average molecular weight is 206 g/mol. The molecular formula is C12H15FN2. The van der Waals surface area contributed by atoms with Crippen LogP contribution in [-0.2, 0) is 6.42 Å². The van der Waals surface area contributed by atoms with Crippen molar-refractivity contribution in [3.63, 3.8) is 0 Å². The summed E-state index contributed by atoms with van der Waals surface area (Å²) in [5.41, 5.74) is 1.10. The Balaban J connectivity index is 2.34.